The molecule has 7 heteroatoms. The Morgan fingerprint density at radius 1 is 1.12 bits per heavy atom. The summed E-state index contributed by atoms with van der Waals surface area (Å²) in [6, 6.07) is 10.3. The van der Waals surface area contributed by atoms with E-state index in [2.05, 4.69) is 0 Å². The second kappa shape index (κ2) is 7.96. The van der Waals surface area contributed by atoms with Gasteiger partial charge in [-0.3, -0.25) is 10.1 Å². The highest BCUT2D eigenvalue weighted by molar-refractivity contribution is 5.97. The fourth-order valence-corrected chi connectivity index (χ4v) is 2.13. The number of nitrogens with two attached hydrogens (primary N) is 1. The van der Waals surface area contributed by atoms with Crippen LogP contribution in [0.4, 0.5) is 4.79 Å². The van der Waals surface area contributed by atoms with E-state index in [1.165, 1.54) is 13.0 Å². The number of esters is 1. The molecule has 3 amide bonds. The number of carbonyl (C=O) groups is 3. The fourth-order valence-electron chi connectivity index (χ4n) is 2.13. The van der Waals surface area contributed by atoms with E-state index in [0.29, 0.717) is 0 Å². The molecule has 2 aromatic carbocycles. The van der Waals surface area contributed by atoms with Crippen molar-refractivity contribution in [2.45, 2.75) is 13.0 Å². The standard InChI is InChI=1S/C18H18N2O5/c1-11(17(22)20-18(19)23)25-16(21)8-4-12-3-5-14-10-15(24-2)7-6-13(14)9-12/h3-11H,1-2H3,(H3,19,20,22,23)/b8-4+/t11-/m0/s1. The molecule has 2 aromatic rings. The van der Waals surface area contributed by atoms with Gasteiger partial charge in [0.15, 0.2) is 6.10 Å². The minimum absolute atomic E-state index is 0.707. The number of hydrogen-bond donors (Lipinski definition) is 2. The summed E-state index contributed by atoms with van der Waals surface area (Å²) in [6.07, 6.45) is 1.65. The molecule has 130 valence electrons. The van der Waals surface area contributed by atoms with Crippen molar-refractivity contribution in [3.8, 4) is 5.75 Å². The van der Waals surface area contributed by atoms with Crippen LogP contribution in [0.1, 0.15) is 12.5 Å². The maximum atomic E-state index is 11.7. The third-order valence-electron chi connectivity index (χ3n) is 3.39. The number of fused-ring (bicyclic) bond motifs is 1. The summed E-state index contributed by atoms with van der Waals surface area (Å²) in [5, 5.41) is 3.84. The van der Waals surface area contributed by atoms with E-state index in [0.717, 1.165) is 22.1 Å². The van der Waals surface area contributed by atoms with Gasteiger partial charge in [0.25, 0.3) is 5.91 Å². The zero-order valence-electron chi connectivity index (χ0n) is 13.8. The zero-order chi connectivity index (χ0) is 18.4. The lowest BCUT2D eigenvalue weighted by atomic mass is 10.1. The molecule has 0 aliphatic carbocycles. The second-order valence-corrected chi connectivity index (χ2v) is 5.24. The maximum Gasteiger partial charge on any atom is 0.331 e. The van der Waals surface area contributed by atoms with Crippen LogP contribution in [0.15, 0.2) is 42.5 Å². The number of primary amides is 1. The van der Waals surface area contributed by atoms with E-state index < -0.39 is 24.0 Å². The summed E-state index contributed by atoms with van der Waals surface area (Å²) in [6.45, 7) is 1.34. The Morgan fingerprint density at radius 3 is 2.48 bits per heavy atom. The SMILES string of the molecule is COc1ccc2cc(/C=C/C(=O)O[C@@H](C)C(=O)NC(N)=O)ccc2c1. The number of rotatable bonds is 5. The van der Waals surface area contributed by atoms with E-state index >= 15 is 0 Å². The molecule has 2 rings (SSSR count). The van der Waals surface area contributed by atoms with E-state index in [1.807, 2.05) is 41.7 Å². The second-order valence-electron chi connectivity index (χ2n) is 5.24. The number of ether oxygens (including phenoxy) is 2. The van der Waals surface area contributed by atoms with Crippen molar-refractivity contribution in [3.63, 3.8) is 0 Å². The molecule has 1 atom stereocenters. The smallest absolute Gasteiger partial charge is 0.331 e. The lowest BCUT2D eigenvalue weighted by Crippen LogP contribution is -2.42. The molecular formula is C18H18N2O5. The highest BCUT2D eigenvalue weighted by Crippen LogP contribution is 2.22. The van der Waals surface area contributed by atoms with E-state index in [4.69, 9.17) is 15.2 Å². The predicted octanol–water partition coefficient (Wildman–Crippen LogP) is 1.99. The first kappa shape index (κ1) is 18.0. The van der Waals surface area contributed by atoms with Crippen LogP contribution in [-0.2, 0) is 14.3 Å². The molecule has 0 spiro atoms. The van der Waals surface area contributed by atoms with Crippen molar-refractivity contribution in [2.24, 2.45) is 5.73 Å². The van der Waals surface area contributed by atoms with Crippen molar-refractivity contribution >= 4 is 34.8 Å². The third kappa shape index (κ3) is 5.07. The van der Waals surface area contributed by atoms with Gasteiger partial charge in [-0.05, 0) is 47.5 Å². The van der Waals surface area contributed by atoms with E-state index in [9.17, 15) is 14.4 Å². The molecule has 0 bridgehead atoms. The number of imide groups is 1. The Bertz CT molecular complexity index is 844. The molecule has 0 radical (unpaired) electrons. The van der Waals surface area contributed by atoms with Crippen LogP contribution in [0, 0.1) is 0 Å². The van der Waals surface area contributed by atoms with Gasteiger partial charge in [0.2, 0.25) is 0 Å². The molecule has 0 aliphatic rings. The molecule has 0 saturated carbocycles. The van der Waals surface area contributed by atoms with Crippen LogP contribution in [0.2, 0.25) is 0 Å². The Labute approximate surface area is 144 Å². The number of carbonyl (C=O) groups excluding carboxylic acids is 3. The average molecular weight is 342 g/mol. The van der Waals surface area contributed by atoms with Crippen LogP contribution in [0.3, 0.4) is 0 Å². The summed E-state index contributed by atoms with van der Waals surface area (Å²) in [5.41, 5.74) is 5.62. The van der Waals surface area contributed by atoms with Crippen molar-refractivity contribution in [3.05, 3.63) is 48.0 Å². The number of nitrogens with one attached hydrogen (secondary N) is 1. The Kier molecular flexibility index (Phi) is 5.73. The molecule has 0 aromatic heterocycles. The van der Waals surface area contributed by atoms with Gasteiger partial charge in [-0.25, -0.2) is 9.59 Å². The molecular weight excluding hydrogens is 324 g/mol. The largest absolute Gasteiger partial charge is 0.497 e. The van der Waals surface area contributed by atoms with Crippen LogP contribution < -0.4 is 15.8 Å². The molecule has 3 N–H and O–H groups in total. The van der Waals surface area contributed by atoms with Gasteiger partial charge in [-0.1, -0.05) is 18.2 Å². The molecule has 7 nitrogen and oxygen atoms in total. The third-order valence-corrected chi connectivity index (χ3v) is 3.39. The zero-order valence-corrected chi connectivity index (χ0v) is 13.8. The molecule has 0 fully saturated rings. The Hall–Kier alpha value is -3.35. The topological polar surface area (TPSA) is 108 Å². The first-order valence-electron chi connectivity index (χ1n) is 7.46. The van der Waals surface area contributed by atoms with Crippen LogP contribution in [0.5, 0.6) is 5.75 Å². The van der Waals surface area contributed by atoms with Crippen LogP contribution in [0.25, 0.3) is 16.8 Å². The van der Waals surface area contributed by atoms with Crippen LogP contribution >= 0.6 is 0 Å². The predicted molar refractivity (Wildman–Crippen MR) is 92.8 cm³/mol. The van der Waals surface area contributed by atoms with Gasteiger partial charge in [-0.15, -0.1) is 0 Å². The van der Waals surface area contributed by atoms with Gasteiger partial charge >= 0.3 is 12.0 Å². The number of amides is 3. The van der Waals surface area contributed by atoms with Crippen LogP contribution in [-0.4, -0.2) is 31.1 Å². The first-order valence-corrected chi connectivity index (χ1v) is 7.46. The van der Waals surface area contributed by atoms with Crippen molar-refractivity contribution in [1.82, 2.24) is 5.32 Å². The molecule has 0 saturated heterocycles. The summed E-state index contributed by atoms with van der Waals surface area (Å²) in [5.74, 6) is -0.724. The summed E-state index contributed by atoms with van der Waals surface area (Å²) < 4.78 is 10.1. The van der Waals surface area contributed by atoms with Gasteiger partial charge < -0.3 is 15.2 Å². The van der Waals surface area contributed by atoms with Gasteiger partial charge in [0.05, 0.1) is 7.11 Å². The van der Waals surface area contributed by atoms with Crippen molar-refractivity contribution in [2.75, 3.05) is 7.11 Å². The number of urea groups is 1. The monoisotopic (exact) mass is 342 g/mol. The lowest BCUT2D eigenvalue weighted by Gasteiger charge is -2.10. The summed E-state index contributed by atoms with van der Waals surface area (Å²) in [4.78, 5) is 33.8. The highest BCUT2D eigenvalue weighted by Gasteiger charge is 2.17. The summed E-state index contributed by atoms with van der Waals surface area (Å²) >= 11 is 0. The Morgan fingerprint density at radius 2 is 1.80 bits per heavy atom. The molecule has 0 heterocycles. The quantitative estimate of drug-likeness (QED) is 0.638. The van der Waals surface area contributed by atoms with Gasteiger partial charge in [0, 0.05) is 6.08 Å². The van der Waals surface area contributed by atoms with Crippen molar-refractivity contribution < 1.29 is 23.9 Å². The number of hydrogen-bond acceptors (Lipinski definition) is 5. The molecule has 25 heavy (non-hydrogen) atoms. The van der Waals surface area contributed by atoms with E-state index in [1.54, 1.807) is 13.2 Å². The number of methoxy groups -OCH3 is 1. The van der Waals surface area contributed by atoms with E-state index in [-0.39, 0.29) is 0 Å². The summed E-state index contributed by atoms with van der Waals surface area (Å²) in [7, 11) is 1.61. The minimum atomic E-state index is -1.13. The Balaban J connectivity index is 2.03. The maximum absolute atomic E-state index is 11.7. The average Bonchev–Trinajstić information content (AvgIpc) is 2.58. The van der Waals surface area contributed by atoms with Gasteiger partial charge in [-0.2, -0.15) is 0 Å². The number of benzene rings is 2. The lowest BCUT2D eigenvalue weighted by molar-refractivity contribution is -0.149. The fraction of sp³-hybridized carbons (Fsp3) is 0.167. The highest BCUT2D eigenvalue weighted by atomic mass is 16.5. The normalized spacial score (nSPS) is 11.9. The van der Waals surface area contributed by atoms with Crippen molar-refractivity contribution in [1.29, 1.82) is 0 Å². The first-order chi connectivity index (χ1) is 11.9. The minimum Gasteiger partial charge on any atom is -0.497 e. The molecule has 0 aliphatic heterocycles. The molecule has 0 unspecified atom stereocenters. The van der Waals surface area contributed by atoms with Gasteiger partial charge in [0.1, 0.15) is 5.75 Å².